The van der Waals surface area contributed by atoms with Crippen LogP contribution in [0.2, 0.25) is 0 Å². The lowest BCUT2D eigenvalue weighted by molar-refractivity contribution is -0.142. The standard InChI is InChI=1S/C69H115N21O20S/c1-12-37(8)55(89-60(101)42(17-19-53(95)96)80-64(105)49(31-91)88-65(106)54(36(6)7)90-68(110)69(9,10)73)66(107)82-41(16-18-50(71)92)58(99)84-45(24-35(4)5)61(102)81-43(20-22-111-11)59(100)85-46(25-38-28-74-32-77-38)62(103)86-47(27-51(72)93)63(104)83-44(23-34(2)3)56(97)76-30-52(94)79-40(15-13-14-21-70)57(98)87-48(67(108)109)26-39-29-75-33-78-39/h28-29,32-37,40-49,54-55,91H,12-27,30-31,70,73H2,1-11H3,(H2,71,92)(H2,72,93)(H,74,77)(H,75,78)(H,76,97)(H,79,94)(H,80,105)(H,81,102)(H,82,107)(H,83,104)(H,84,99)(H,85,100)(H,86,103)(H,87,98)(H,88,106)(H,89,101)(H,90,110)(H,95,96)(H,108,109)/t37-,40-,41-,42-,43-,44-,45-,46-,47-,48-,49-,54-,55-/m0/s1. The maximum atomic E-state index is 14.6. The lowest BCUT2D eigenvalue weighted by Crippen LogP contribution is -2.62. The number of carbonyl (C=O) groups is 17. The van der Waals surface area contributed by atoms with Gasteiger partial charge in [0.2, 0.25) is 88.6 Å². The lowest BCUT2D eigenvalue weighted by Gasteiger charge is -2.30. The summed E-state index contributed by atoms with van der Waals surface area (Å²) in [6.45, 7) is 14.4. The predicted molar refractivity (Wildman–Crippen MR) is 402 cm³/mol. The van der Waals surface area contributed by atoms with E-state index in [0.717, 1.165) is 0 Å². The summed E-state index contributed by atoms with van der Waals surface area (Å²) < 4.78 is 0. The average molecular weight is 1590 g/mol. The number of hydrogen-bond donors (Lipinski definition) is 22. The van der Waals surface area contributed by atoms with Crippen molar-refractivity contribution < 1.29 is 96.8 Å². The number of carboxylic acids is 2. The normalized spacial score (nSPS) is 14.9. The van der Waals surface area contributed by atoms with E-state index in [1.54, 1.807) is 54.7 Å². The number of carboxylic acid groups (broad SMARTS) is 2. The number of nitrogens with one attached hydrogen (secondary N) is 15. The molecule has 0 bridgehead atoms. The molecule has 0 saturated heterocycles. The number of imidazole rings is 2. The average Bonchev–Trinajstić information content (AvgIpc) is 1.47. The van der Waals surface area contributed by atoms with Gasteiger partial charge in [-0.1, -0.05) is 61.8 Å². The molecule has 26 N–H and O–H groups in total. The van der Waals surface area contributed by atoms with E-state index < -0.39 is 236 Å². The van der Waals surface area contributed by atoms with Crippen LogP contribution in [0.15, 0.2) is 25.0 Å². The zero-order valence-electron chi connectivity index (χ0n) is 64.7. The van der Waals surface area contributed by atoms with Crippen LogP contribution in [0.1, 0.15) is 158 Å². The first kappa shape index (κ1) is 96.7. The maximum Gasteiger partial charge on any atom is 0.326 e. The monoisotopic (exact) mass is 1590 g/mol. The summed E-state index contributed by atoms with van der Waals surface area (Å²) >= 11 is 1.27. The van der Waals surface area contributed by atoms with E-state index in [1.165, 1.54) is 57.6 Å². The van der Waals surface area contributed by atoms with Crippen LogP contribution in [0.4, 0.5) is 0 Å². The SMILES string of the molecule is CC[C@H](C)[C@H](NC(=O)[C@H](CCC(=O)O)NC(=O)[C@H](CO)NC(=O)[C@@H](NC(=O)C(C)(C)N)C(C)C)C(=O)N[C@@H](CCC(N)=O)C(=O)N[C@@H](CC(C)C)C(=O)N[C@@H](CCSC)C(=O)N[C@@H](Cc1cnc[nH]1)C(=O)N[C@@H](CC(N)=O)C(=O)N[C@@H](CC(C)C)C(=O)NCC(=O)N[C@@H](CCCCN)C(=O)N[C@@H](Cc1cnc[nH]1)C(=O)O. The van der Waals surface area contributed by atoms with E-state index in [4.69, 9.17) is 22.9 Å². The zero-order valence-corrected chi connectivity index (χ0v) is 65.5. The molecule has 0 unspecified atom stereocenters. The molecule has 0 aliphatic carbocycles. The van der Waals surface area contributed by atoms with Crippen LogP contribution in [0, 0.1) is 23.7 Å². The van der Waals surface area contributed by atoms with Gasteiger partial charge in [-0.05, 0) is 107 Å². The third kappa shape index (κ3) is 36.4. The maximum absolute atomic E-state index is 14.6. The highest BCUT2D eigenvalue weighted by molar-refractivity contribution is 7.98. The molecule has 111 heavy (non-hydrogen) atoms. The number of unbranched alkanes of at least 4 members (excludes halogenated alkanes) is 1. The van der Waals surface area contributed by atoms with Gasteiger partial charge >= 0.3 is 11.9 Å². The van der Waals surface area contributed by atoms with Crippen molar-refractivity contribution >= 4 is 112 Å². The van der Waals surface area contributed by atoms with E-state index >= 15 is 0 Å². The largest absolute Gasteiger partial charge is 0.481 e. The molecule has 0 saturated carbocycles. The Morgan fingerprint density at radius 3 is 1.38 bits per heavy atom. The summed E-state index contributed by atoms with van der Waals surface area (Å²) in [5.74, 6) is -19.4. The molecule has 2 aromatic rings. The fraction of sp³-hybridized carbons (Fsp3) is 0.667. The highest BCUT2D eigenvalue weighted by atomic mass is 32.2. The van der Waals surface area contributed by atoms with Crippen LogP contribution in [0.25, 0.3) is 0 Å². The number of aromatic nitrogens is 4. The first-order chi connectivity index (χ1) is 52.0. The molecular formula is C69H115N21O20S. The molecule has 0 aliphatic rings. The van der Waals surface area contributed by atoms with Crippen molar-refractivity contribution in [2.45, 2.75) is 237 Å². The minimum atomic E-state index is -1.82. The van der Waals surface area contributed by atoms with Crippen LogP contribution >= 0.6 is 11.8 Å². The number of aromatic amines is 2. The molecule has 15 amide bonds. The van der Waals surface area contributed by atoms with Crippen molar-refractivity contribution in [3.63, 3.8) is 0 Å². The van der Waals surface area contributed by atoms with Gasteiger partial charge in [-0.15, -0.1) is 0 Å². The zero-order chi connectivity index (χ0) is 84.0. The van der Waals surface area contributed by atoms with Crippen LogP contribution in [0.3, 0.4) is 0 Å². The van der Waals surface area contributed by atoms with Crippen molar-refractivity contribution in [1.82, 2.24) is 89.1 Å². The summed E-state index contributed by atoms with van der Waals surface area (Å²) in [6.07, 6.45) is 4.02. The number of nitrogens with two attached hydrogens (primary N) is 4. The highest BCUT2D eigenvalue weighted by Crippen LogP contribution is 2.16. The quantitative estimate of drug-likeness (QED) is 0.0275. The molecule has 0 radical (unpaired) electrons. The van der Waals surface area contributed by atoms with Gasteiger partial charge in [-0.25, -0.2) is 14.8 Å². The Hall–Kier alpha value is -10.4. The fourth-order valence-corrected chi connectivity index (χ4v) is 11.3. The van der Waals surface area contributed by atoms with E-state index in [9.17, 15) is 96.8 Å². The van der Waals surface area contributed by atoms with E-state index in [-0.39, 0.29) is 74.8 Å². The van der Waals surface area contributed by atoms with Gasteiger partial charge in [0.25, 0.3) is 0 Å². The molecule has 2 rings (SSSR count). The first-order valence-corrected chi connectivity index (χ1v) is 37.9. The van der Waals surface area contributed by atoms with Gasteiger partial charge in [-0.2, -0.15) is 11.8 Å². The van der Waals surface area contributed by atoms with Crippen molar-refractivity contribution in [1.29, 1.82) is 0 Å². The van der Waals surface area contributed by atoms with Crippen molar-refractivity contribution in [2.75, 3.05) is 31.7 Å². The van der Waals surface area contributed by atoms with Gasteiger partial charge in [0.15, 0.2) is 0 Å². The second kappa shape index (κ2) is 49.0. The minimum Gasteiger partial charge on any atom is -0.481 e. The predicted octanol–water partition coefficient (Wildman–Crippen LogP) is -5.65. The topological polar surface area (TPSA) is 669 Å². The van der Waals surface area contributed by atoms with Crippen molar-refractivity contribution in [2.24, 2.45) is 46.6 Å². The molecule has 0 fully saturated rings. The summed E-state index contributed by atoms with van der Waals surface area (Å²) in [6, 6.07) is -18.6. The number of thioether (sulfide) groups is 1. The van der Waals surface area contributed by atoms with Crippen LogP contribution < -0.4 is 92.1 Å². The summed E-state index contributed by atoms with van der Waals surface area (Å²) in [5.41, 5.74) is 21.9. The summed E-state index contributed by atoms with van der Waals surface area (Å²) in [5, 5.41) is 61.9. The number of H-pyrrole nitrogens is 2. The lowest BCUT2D eigenvalue weighted by atomic mass is 9.96. The summed E-state index contributed by atoms with van der Waals surface area (Å²) in [7, 11) is 0. The molecule has 2 heterocycles. The van der Waals surface area contributed by atoms with Crippen LogP contribution in [0.5, 0.6) is 0 Å². The van der Waals surface area contributed by atoms with E-state index in [0.29, 0.717) is 18.5 Å². The third-order valence-electron chi connectivity index (χ3n) is 17.2. The van der Waals surface area contributed by atoms with Gasteiger partial charge in [-0.3, -0.25) is 76.7 Å². The number of hydrogen-bond acceptors (Lipinski definition) is 23. The van der Waals surface area contributed by atoms with E-state index in [1.807, 2.05) is 0 Å². The summed E-state index contributed by atoms with van der Waals surface area (Å²) in [4.78, 5) is 244. The van der Waals surface area contributed by atoms with Gasteiger partial charge in [0, 0.05) is 49.5 Å². The molecule has 13 atom stereocenters. The number of carbonyl (C=O) groups excluding carboxylic acids is 15. The molecule has 41 nitrogen and oxygen atoms in total. The number of aliphatic carboxylic acids is 2. The van der Waals surface area contributed by atoms with Gasteiger partial charge in [0.05, 0.1) is 37.8 Å². The van der Waals surface area contributed by atoms with Crippen molar-refractivity contribution in [3.05, 3.63) is 36.4 Å². The molecule has 0 aromatic carbocycles. The number of nitrogens with zero attached hydrogens (tertiary/aromatic N) is 2. The first-order valence-electron chi connectivity index (χ1n) is 36.5. The molecule has 622 valence electrons. The molecule has 42 heteroatoms. The number of amides is 15. The number of aliphatic hydroxyl groups is 1. The Bertz CT molecular complexity index is 3450. The Kier molecular flexibility index (Phi) is 42.7. The Morgan fingerprint density at radius 1 is 0.495 bits per heavy atom. The molecule has 2 aromatic heterocycles. The second-order valence-corrected chi connectivity index (χ2v) is 29.7. The fourth-order valence-electron chi connectivity index (χ4n) is 10.8. The van der Waals surface area contributed by atoms with Gasteiger partial charge in [0.1, 0.15) is 72.5 Å². The van der Waals surface area contributed by atoms with Gasteiger partial charge < -0.3 is 117 Å². The van der Waals surface area contributed by atoms with Crippen molar-refractivity contribution in [3.8, 4) is 0 Å². The van der Waals surface area contributed by atoms with Crippen LogP contribution in [-0.4, -0.2) is 246 Å². The Morgan fingerprint density at radius 2 is 0.919 bits per heavy atom. The molecular weight excluding hydrogens is 1470 g/mol. The van der Waals surface area contributed by atoms with Crippen LogP contribution in [-0.2, 0) is 94.3 Å². The molecule has 0 spiro atoms. The minimum absolute atomic E-state index is 0.0344. The second-order valence-electron chi connectivity index (χ2n) is 28.7. The smallest absolute Gasteiger partial charge is 0.326 e. The Labute approximate surface area is 647 Å². The number of rotatable bonds is 54. The number of aliphatic hydroxyl groups excluding tert-OH is 1. The molecule has 0 aliphatic heterocycles. The highest BCUT2D eigenvalue weighted by Gasteiger charge is 2.39. The Balaban J connectivity index is 2.48. The number of primary amides is 2. The third-order valence-corrected chi connectivity index (χ3v) is 17.9. The van der Waals surface area contributed by atoms with E-state index in [2.05, 4.69) is 89.1 Å².